The number of nitrogens with zero attached hydrogens (tertiary/aromatic N) is 1. The lowest BCUT2D eigenvalue weighted by Crippen LogP contribution is -2.29. The molecule has 1 aliphatic rings. The number of aliphatic hydroxyl groups excluding tert-OH is 1. The Morgan fingerprint density at radius 2 is 1.69 bits per heavy atom. The molecule has 1 unspecified atom stereocenters. The van der Waals surface area contributed by atoms with Gasteiger partial charge in [0.2, 0.25) is 0 Å². The summed E-state index contributed by atoms with van der Waals surface area (Å²) >= 11 is 6.31. The first-order valence-corrected chi connectivity index (χ1v) is 11.8. The molecular formula is C28H26ClNO6. The first kappa shape index (κ1) is 25.1. The third-order valence-electron chi connectivity index (χ3n) is 5.78. The quantitative estimate of drug-likeness (QED) is 0.241. The molecule has 7 nitrogen and oxygen atoms in total. The van der Waals surface area contributed by atoms with Gasteiger partial charge in [0.15, 0.2) is 0 Å². The number of ketones is 1. The normalized spacial score (nSPS) is 17.0. The number of rotatable bonds is 7. The lowest BCUT2D eigenvalue weighted by molar-refractivity contribution is -0.132. The second-order valence-electron chi connectivity index (χ2n) is 8.81. The number of halogens is 1. The van der Waals surface area contributed by atoms with Gasteiger partial charge in [0, 0.05) is 11.3 Å². The van der Waals surface area contributed by atoms with E-state index in [1.807, 2.05) is 13.8 Å². The number of amides is 1. The van der Waals surface area contributed by atoms with Gasteiger partial charge >= 0.3 is 0 Å². The Balaban J connectivity index is 1.82. The number of hydrogen-bond acceptors (Lipinski definition) is 6. The van der Waals surface area contributed by atoms with Crippen molar-refractivity contribution in [3.05, 3.63) is 88.5 Å². The highest BCUT2D eigenvalue weighted by Gasteiger charge is 2.47. The Labute approximate surface area is 214 Å². The van der Waals surface area contributed by atoms with E-state index in [1.54, 1.807) is 48.5 Å². The van der Waals surface area contributed by atoms with Gasteiger partial charge in [-0.05, 0) is 66.1 Å². The molecule has 0 spiro atoms. The molecule has 0 bridgehead atoms. The largest absolute Gasteiger partial charge is 0.508 e. The van der Waals surface area contributed by atoms with Gasteiger partial charge in [0.1, 0.15) is 23.0 Å². The van der Waals surface area contributed by atoms with E-state index in [0.717, 1.165) is 0 Å². The Bertz CT molecular complexity index is 1310. The van der Waals surface area contributed by atoms with Crippen LogP contribution in [-0.2, 0) is 9.59 Å². The fourth-order valence-electron chi connectivity index (χ4n) is 4.00. The van der Waals surface area contributed by atoms with Gasteiger partial charge < -0.3 is 19.7 Å². The van der Waals surface area contributed by atoms with Crippen molar-refractivity contribution in [3.63, 3.8) is 0 Å². The molecule has 3 aromatic carbocycles. The standard InChI is InChI=1S/C28H26ClNO6/c1-16(2)15-36-21-11-6-18(7-12-21)26(32)24-25(17-4-9-20(31)10-5-17)30(28(34)27(24)33)19-8-13-23(35-3)22(29)14-19/h4-14,16,25,31-32H,15H2,1-3H3/b26-24+. The van der Waals surface area contributed by atoms with Gasteiger partial charge in [-0.2, -0.15) is 0 Å². The number of hydrogen-bond donors (Lipinski definition) is 2. The molecule has 0 aliphatic carbocycles. The molecule has 3 aromatic rings. The molecule has 2 N–H and O–H groups in total. The third kappa shape index (κ3) is 4.88. The second-order valence-corrected chi connectivity index (χ2v) is 9.22. The highest BCUT2D eigenvalue weighted by Crippen LogP contribution is 2.44. The average molecular weight is 508 g/mol. The van der Waals surface area contributed by atoms with Crippen molar-refractivity contribution in [3.8, 4) is 17.2 Å². The molecule has 36 heavy (non-hydrogen) atoms. The number of Topliss-reactive ketones (excluding diaryl/α,β-unsaturated/α-hetero) is 1. The third-order valence-corrected chi connectivity index (χ3v) is 6.07. The average Bonchev–Trinajstić information content (AvgIpc) is 3.13. The number of phenolic OH excluding ortho intramolecular Hbond substituents is 1. The van der Waals surface area contributed by atoms with Crippen LogP contribution in [-0.4, -0.2) is 35.6 Å². The number of carbonyl (C=O) groups is 2. The summed E-state index contributed by atoms with van der Waals surface area (Å²) in [5.74, 6) is -0.540. The summed E-state index contributed by atoms with van der Waals surface area (Å²) < 4.78 is 10.9. The van der Waals surface area contributed by atoms with Crippen molar-refractivity contribution in [2.24, 2.45) is 5.92 Å². The molecule has 1 amide bonds. The van der Waals surface area contributed by atoms with Gasteiger partial charge in [-0.1, -0.05) is 37.6 Å². The van der Waals surface area contributed by atoms with Crippen molar-refractivity contribution >= 4 is 34.7 Å². The maximum atomic E-state index is 13.3. The summed E-state index contributed by atoms with van der Waals surface area (Å²) in [6, 6.07) is 16.6. The minimum atomic E-state index is -0.952. The molecule has 1 fully saturated rings. The fraction of sp³-hybridized carbons (Fsp3) is 0.214. The van der Waals surface area contributed by atoms with Crippen LogP contribution >= 0.6 is 11.6 Å². The van der Waals surface area contributed by atoms with Crippen LogP contribution in [0.15, 0.2) is 72.3 Å². The predicted molar refractivity (Wildman–Crippen MR) is 138 cm³/mol. The minimum Gasteiger partial charge on any atom is -0.508 e. The zero-order chi connectivity index (χ0) is 26.0. The van der Waals surface area contributed by atoms with Crippen LogP contribution < -0.4 is 14.4 Å². The number of carbonyl (C=O) groups excluding carboxylic acids is 2. The van der Waals surface area contributed by atoms with Gasteiger partial charge in [-0.3, -0.25) is 14.5 Å². The number of methoxy groups -OCH3 is 1. The first-order chi connectivity index (χ1) is 17.2. The van der Waals surface area contributed by atoms with Gasteiger partial charge in [-0.15, -0.1) is 0 Å². The number of anilines is 1. The monoisotopic (exact) mass is 507 g/mol. The Hall–Kier alpha value is -3.97. The van der Waals surface area contributed by atoms with E-state index >= 15 is 0 Å². The molecule has 1 heterocycles. The van der Waals surface area contributed by atoms with Crippen molar-refractivity contribution < 1.29 is 29.3 Å². The fourth-order valence-corrected chi connectivity index (χ4v) is 4.26. The summed E-state index contributed by atoms with van der Waals surface area (Å²) in [5, 5.41) is 21.3. The van der Waals surface area contributed by atoms with Crippen LogP contribution in [0.1, 0.15) is 31.0 Å². The van der Waals surface area contributed by atoms with E-state index in [2.05, 4.69) is 0 Å². The van der Waals surface area contributed by atoms with Gasteiger partial charge in [0.25, 0.3) is 11.7 Å². The molecule has 0 saturated carbocycles. The summed E-state index contributed by atoms with van der Waals surface area (Å²) in [5.41, 5.74) is 1.17. The van der Waals surface area contributed by atoms with E-state index in [9.17, 15) is 19.8 Å². The smallest absolute Gasteiger partial charge is 0.300 e. The van der Waals surface area contributed by atoms with Crippen LogP contribution in [0.3, 0.4) is 0 Å². The summed E-state index contributed by atoms with van der Waals surface area (Å²) in [6.45, 7) is 4.62. The molecular weight excluding hydrogens is 482 g/mol. The van der Waals surface area contributed by atoms with Crippen molar-refractivity contribution in [1.29, 1.82) is 0 Å². The maximum Gasteiger partial charge on any atom is 0.300 e. The molecule has 1 saturated heterocycles. The second kappa shape index (κ2) is 10.3. The topological polar surface area (TPSA) is 96.3 Å². The molecule has 186 valence electrons. The molecule has 4 rings (SSSR count). The number of benzene rings is 3. The van der Waals surface area contributed by atoms with E-state index in [4.69, 9.17) is 21.1 Å². The lowest BCUT2D eigenvalue weighted by Gasteiger charge is -2.26. The molecule has 0 radical (unpaired) electrons. The van der Waals surface area contributed by atoms with E-state index in [-0.39, 0.29) is 22.1 Å². The number of aliphatic hydroxyl groups is 1. The molecule has 0 aromatic heterocycles. The summed E-state index contributed by atoms with van der Waals surface area (Å²) in [4.78, 5) is 27.8. The van der Waals surface area contributed by atoms with Crippen LogP contribution in [0, 0.1) is 5.92 Å². The summed E-state index contributed by atoms with van der Waals surface area (Å²) in [7, 11) is 1.47. The Morgan fingerprint density at radius 1 is 1.03 bits per heavy atom. The molecule has 8 heteroatoms. The van der Waals surface area contributed by atoms with Gasteiger partial charge in [-0.25, -0.2) is 0 Å². The highest BCUT2D eigenvalue weighted by molar-refractivity contribution is 6.51. The number of phenols is 1. The van der Waals surface area contributed by atoms with E-state index in [0.29, 0.717) is 40.8 Å². The maximum absolute atomic E-state index is 13.3. The predicted octanol–water partition coefficient (Wildman–Crippen LogP) is 5.72. The SMILES string of the molecule is COc1ccc(N2C(=O)C(=O)/C(=C(/O)c3ccc(OCC(C)C)cc3)C2c2ccc(O)cc2)cc1Cl. The van der Waals surface area contributed by atoms with E-state index in [1.165, 1.54) is 30.2 Å². The van der Waals surface area contributed by atoms with Crippen LogP contribution in [0.25, 0.3) is 5.76 Å². The van der Waals surface area contributed by atoms with Gasteiger partial charge in [0.05, 0.1) is 30.4 Å². The lowest BCUT2D eigenvalue weighted by atomic mass is 9.95. The highest BCUT2D eigenvalue weighted by atomic mass is 35.5. The first-order valence-electron chi connectivity index (χ1n) is 11.4. The zero-order valence-corrected chi connectivity index (χ0v) is 20.8. The Kier molecular flexibility index (Phi) is 7.22. The van der Waals surface area contributed by atoms with Crippen molar-refractivity contribution in [1.82, 2.24) is 0 Å². The van der Waals surface area contributed by atoms with E-state index < -0.39 is 17.7 Å². The Morgan fingerprint density at radius 3 is 2.28 bits per heavy atom. The number of ether oxygens (including phenoxy) is 2. The van der Waals surface area contributed by atoms with Crippen molar-refractivity contribution in [2.45, 2.75) is 19.9 Å². The number of aromatic hydroxyl groups is 1. The molecule has 1 aliphatic heterocycles. The minimum absolute atomic E-state index is 0.0279. The summed E-state index contributed by atoms with van der Waals surface area (Å²) in [6.07, 6.45) is 0. The molecule has 1 atom stereocenters. The zero-order valence-electron chi connectivity index (χ0n) is 20.1. The van der Waals surface area contributed by atoms with Crippen LogP contribution in [0.5, 0.6) is 17.2 Å². The van der Waals surface area contributed by atoms with Crippen LogP contribution in [0.4, 0.5) is 5.69 Å². The van der Waals surface area contributed by atoms with Crippen LogP contribution in [0.2, 0.25) is 5.02 Å². The van der Waals surface area contributed by atoms with Crippen molar-refractivity contribution in [2.75, 3.05) is 18.6 Å².